The molecule has 1 aromatic rings. The molecule has 3 heteroatoms. The van der Waals surface area contributed by atoms with Gasteiger partial charge < -0.3 is 9.47 Å². The second-order valence-corrected chi connectivity index (χ2v) is 5.36. The van der Waals surface area contributed by atoms with Crippen LogP contribution in [0.2, 0.25) is 0 Å². The summed E-state index contributed by atoms with van der Waals surface area (Å²) in [5.41, 5.74) is 0.606. The number of terminal acetylenes is 1. The molecule has 3 nitrogen and oxygen atoms in total. The monoisotopic (exact) mass is 286 g/mol. The highest BCUT2D eigenvalue weighted by Gasteiger charge is 2.22. The van der Waals surface area contributed by atoms with Crippen LogP contribution in [0.4, 0.5) is 0 Å². The number of esters is 1. The van der Waals surface area contributed by atoms with Crippen molar-refractivity contribution in [2.45, 2.75) is 46.1 Å². The molecule has 0 amide bonds. The Morgan fingerprint density at radius 1 is 1.24 bits per heavy atom. The van der Waals surface area contributed by atoms with E-state index in [4.69, 9.17) is 15.9 Å². The summed E-state index contributed by atoms with van der Waals surface area (Å²) in [6.45, 7) is 7.37. The molecule has 1 aromatic carbocycles. The van der Waals surface area contributed by atoms with E-state index >= 15 is 0 Å². The Bertz CT molecular complexity index is 545. The van der Waals surface area contributed by atoms with Gasteiger partial charge in [-0.05, 0) is 51.5 Å². The zero-order valence-corrected chi connectivity index (χ0v) is 13.1. The summed E-state index contributed by atoms with van der Waals surface area (Å²) in [6, 6.07) is 6.86. The van der Waals surface area contributed by atoms with Crippen LogP contribution in [0.5, 0.6) is 11.5 Å². The standard InChI is InChI=1S/C18H22O3/c1-6-18(5,13-7-8-14(2)3)21-17-11-9-16(10-12-17)20-15(4)19/h1,8-12H,7,13H2,2-5H3. The molecule has 21 heavy (non-hydrogen) atoms. The fraction of sp³-hybridized carbons (Fsp3) is 0.389. The van der Waals surface area contributed by atoms with Crippen molar-refractivity contribution in [2.75, 3.05) is 0 Å². The molecule has 0 radical (unpaired) electrons. The molecule has 1 atom stereocenters. The van der Waals surface area contributed by atoms with Crippen molar-refractivity contribution >= 4 is 5.97 Å². The van der Waals surface area contributed by atoms with Crippen LogP contribution in [0, 0.1) is 12.3 Å². The average Bonchev–Trinajstić information content (AvgIpc) is 2.40. The van der Waals surface area contributed by atoms with E-state index in [-0.39, 0.29) is 5.97 Å². The average molecular weight is 286 g/mol. The van der Waals surface area contributed by atoms with Crippen molar-refractivity contribution in [3.8, 4) is 23.8 Å². The Hall–Kier alpha value is -2.21. The van der Waals surface area contributed by atoms with E-state index in [9.17, 15) is 4.79 Å². The van der Waals surface area contributed by atoms with Gasteiger partial charge in [0.15, 0.2) is 5.60 Å². The molecule has 0 saturated heterocycles. The number of hydrogen-bond donors (Lipinski definition) is 0. The molecule has 1 unspecified atom stereocenters. The highest BCUT2D eigenvalue weighted by molar-refractivity contribution is 5.69. The molecule has 0 spiro atoms. The third kappa shape index (κ3) is 6.18. The molecular formula is C18H22O3. The van der Waals surface area contributed by atoms with Crippen LogP contribution in [-0.4, -0.2) is 11.6 Å². The van der Waals surface area contributed by atoms with E-state index < -0.39 is 5.60 Å². The molecule has 1 rings (SSSR count). The minimum absolute atomic E-state index is 0.348. The van der Waals surface area contributed by atoms with E-state index in [1.165, 1.54) is 12.5 Å². The van der Waals surface area contributed by atoms with Gasteiger partial charge in [-0.2, -0.15) is 0 Å². The van der Waals surface area contributed by atoms with Gasteiger partial charge in [-0.1, -0.05) is 17.6 Å². The normalized spacial score (nSPS) is 12.7. The number of allylic oxidation sites excluding steroid dienone is 2. The Labute approximate surface area is 127 Å². The van der Waals surface area contributed by atoms with E-state index in [1.807, 2.05) is 6.92 Å². The molecule has 0 heterocycles. The maximum atomic E-state index is 10.9. The van der Waals surface area contributed by atoms with Crippen molar-refractivity contribution in [2.24, 2.45) is 0 Å². The Morgan fingerprint density at radius 2 is 1.81 bits per heavy atom. The third-order valence-corrected chi connectivity index (χ3v) is 2.91. The number of ether oxygens (including phenoxy) is 2. The van der Waals surface area contributed by atoms with Crippen LogP contribution in [-0.2, 0) is 4.79 Å². The molecule has 0 fully saturated rings. The number of carbonyl (C=O) groups excluding carboxylic acids is 1. The van der Waals surface area contributed by atoms with Crippen LogP contribution < -0.4 is 9.47 Å². The van der Waals surface area contributed by atoms with Gasteiger partial charge in [0.1, 0.15) is 11.5 Å². The number of rotatable bonds is 6. The minimum Gasteiger partial charge on any atom is -0.475 e. The van der Waals surface area contributed by atoms with Crippen molar-refractivity contribution in [1.82, 2.24) is 0 Å². The molecule has 0 saturated carbocycles. The van der Waals surface area contributed by atoms with Crippen molar-refractivity contribution in [1.29, 1.82) is 0 Å². The smallest absolute Gasteiger partial charge is 0.308 e. The zero-order chi connectivity index (χ0) is 15.9. The van der Waals surface area contributed by atoms with Crippen molar-refractivity contribution in [3.63, 3.8) is 0 Å². The van der Waals surface area contributed by atoms with Gasteiger partial charge in [-0.3, -0.25) is 4.79 Å². The first-order chi connectivity index (χ1) is 9.84. The molecule has 0 aliphatic carbocycles. The summed E-state index contributed by atoms with van der Waals surface area (Å²) >= 11 is 0. The first-order valence-electron chi connectivity index (χ1n) is 6.93. The molecular weight excluding hydrogens is 264 g/mol. The first kappa shape index (κ1) is 16.8. The molecule has 0 bridgehead atoms. The number of benzene rings is 1. The predicted octanol–water partition coefficient (Wildman–Crippen LogP) is 4.13. The topological polar surface area (TPSA) is 35.5 Å². The van der Waals surface area contributed by atoms with E-state index in [1.54, 1.807) is 24.3 Å². The van der Waals surface area contributed by atoms with E-state index in [0.29, 0.717) is 11.5 Å². The third-order valence-electron chi connectivity index (χ3n) is 2.91. The Balaban J connectivity index is 2.70. The van der Waals surface area contributed by atoms with Crippen molar-refractivity contribution < 1.29 is 14.3 Å². The zero-order valence-electron chi connectivity index (χ0n) is 13.1. The fourth-order valence-electron chi connectivity index (χ4n) is 1.79. The van der Waals surface area contributed by atoms with Crippen molar-refractivity contribution in [3.05, 3.63) is 35.9 Å². The number of hydrogen-bond acceptors (Lipinski definition) is 3. The second-order valence-electron chi connectivity index (χ2n) is 5.36. The van der Waals surface area contributed by atoms with Gasteiger partial charge in [-0.15, -0.1) is 6.42 Å². The Morgan fingerprint density at radius 3 is 2.29 bits per heavy atom. The van der Waals surface area contributed by atoms with E-state index in [0.717, 1.165) is 12.8 Å². The summed E-state index contributed by atoms with van der Waals surface area (Å²) in [4.78, 5) is 10.9. The first-order valence-corrected chi connectivity index (χ1v) is 6.93. The summed E-state index contributed by atoms with van der Waals surface area (Å²) in [5, 5.41) is 0. The summed E-state index contributed by atoms with van der Waals surface area (Å²) in [5.74, 6) is 3.51. The summed E-state index contributed by atoms with van der Waals surface area (Å²) < 4.78 is 10.9. The van der Waals surface area contributed by atoms with Crippen LogP contribution in [0.1, 0.15) is 40.5 Å². The minimum atomic E-state index is -0.658. The second kappa shape index (κ2) is 7.54. The van der Waals surface area contributed by atoms with Crippen LogP contribution in [0.25, 0.3) is 0 Å². The van der Waals surface area contributed by atoms with Crippen LogP contribution in [0.15, 0.2) is 35.9 Å². The molecule has 112 valence electrons. The molecule has 0 N–H and O–H groups in total. The lowest BCUT2D eigenvalue weighted by atomic mass is 10.00. The van der Waals surface area contributed by atoms with Gasteiger partial charge >= 0.3 is 5.97 Å². The highest BCUT2D eigenvalue weighted by Crippen LogP contribution is 2.25. The summed E-state index contributed by atoms with van der Waals surface area (Å²) in [7, 11) is 0. The Kier molecular flexibility index (Phi) is 6.05. The van der Waals surface area contributed by atoms with Gasteiger partial charge in [-0.25, -0.2) is 0 Å². The largest absolute Gasteiger partial charge is 0.475 e. The van der Waals surface area contributed by atoms with Crippen LogP contribution in [0.3, 0.4) is 0 Å². The summed E-state index contributed by atoms with van der Waals surface area (Å²) in [6.07, 6.45) is 9.35. The predicted molar refractivity (Wildman–Crippen MR) is 84.3 cm³/mol. The highest BCUT2D eigenvalue weighted by atomic mass is 16.5. The van der Waals surface area contributed by atoms with Gasteiger partial charge in [0.05, 0.1) is 0 Å². The van der Waals surface area contributed by atoms with E-state index in [2.05, 4.69) is 25.8 Å². The lowest BCUT2D eigenvalue weighted by Gasteiger charge is -2.25. The van der Waals surface area contributed by atoms with Gasteiger partial charge in [0, 0.05) is 13.3 Å². The SMILES string of the molecule is C#CC(C)(CCC=C(C)C)Oc1ccc(OC(C)=O)cc1. The van der Waals surface area contributed by atoms with Gasteiger partial charge in [0.25, 0.3) is 0 Å². The number of carbonyl (C=O) groups is 1. The van der Waals surface area contributed by atoms with Gasteiger partial charge in [0.2, 0.25) is 0 Å². The lowest BCUT2D eigenvalue weighted by Crippen LogP contribution is -2.30. The quantitative estimate of drug-likeness (QED) is 0.341. The molecule has 0 aliphatic heterocycles. The maximum Gasteiger partial charge on any atom is 0.308 e. The van der Waals surface area contributed by atoms with Crippen LogP contribution >= 0.6 is 0 Å². The lowest BCUT2D eigenvalue weighted by molar-refractivity contribution is -0.131. The molecule has 0 aromatic heterocycles. The molecule has 0 aliphatic rings. The maximum absolute atomic E-state index is 10.9. The fourth-order valence-corrected chi connectivity index (χ4v) is 1.79.